The van der Waals surface area contributed by atoms with Crippen molar-refractivity contribution in [1.29, 1.82) is 0 Å². The van der Waals surface area contributed by atoms with Crippen LogP contribution in [0.4, 0.5) is 5.69 Å². The van der Waals surface area contributed by atoms with Gasteiger partial charge in [-0.1, -0.05) is 49.4 Å². The largest absolute Gasteiger partial charge is 0.351 e. The molecule has 2 aromatic heterocycles. The number of hydrogen-bond donors (Lipinski definition) is 2. The first kappa shape index (κ1) is 18.5. The first-order valence-corrected chi connectivity index (χ1v) is 10.3. The topological polar surface area (TPSA) is 70.7 Å². The van der Waals surface area contributed by atoms with Gasteiger partial charge in [-0.05, 0) is 42.7 Å². The molecule has 5 nitrogen and oxygen atoms in total. The lowest BCUT2D eigenvalue weighted by molar-refractivity contribution is -0.113. The molecule has 0 saturated carbocycles. The maximum atomic E-state index is 12.4. The Morgan fingerprint density at radius 3 is 2.68 bits per heavy atom. The second-order valence-corrected chi connectivity index (χ2v) is 8.15. The van der Waals surface area contributed by atoms with E-state index in [4.69, 9.17) is 0 Å². The second-order valence-electron chi connectivity index (χ2n) is 7.19. The monoisotopic (exact) mass is 390 g/mol. The fraction of sp³-hybridized carbons (Fsp3) is 0.227. The molecule has 0 unspecified atom stereocenters. The van der Waals surface area contributed by atoms with E-state index in [9.17, 15) is 4.79 Å². The molecule has 142 valence electrons. The van der Waals surface area contributed by atoms with Gasteiger partial charge in [0.05, 0.1) is 11.3 Å². The second kappa shape index (κ2) is 7.64. The maximum Gasteiger partial charge on any atom is 0.234 e. The Balaban J connectivity index is 1.49. The standard InChI is InChI=1S/C22H22N4OS/c1-13(2)15-5-7-16(8-6-15)25-19(27)11-28-22-21-20(23-12-24-22)17-10-14(3)4-9-18(17)26-21/h4-10,12-13,26H,11H2,1-3H3,(H,25,27). The van der Waals surface area contributed by atoms with E-state index in [0.29, 0.717) is 5.92 Å². The Kier molecular flexibility index (Phi) is 5.05. The van der Waals surface area contributed by atoms with Gasteiger partial charge in [0.1, 0.15) is 16.9 Å². The third-order valence-electron chi connectivity index (χ3n) is 4.70. The van der Waals surface area contributed by atoms with Crippen molar-refractivity contribution in [3.63, 3.8) is 0 Å². The van der Waals surface area contributed by atoms with Crippen LogP contribution >= 0.6 is 11.8 Å². The number of aryl methyl sites for hydroxylation is 1. The number of amides is 1. The number of anilines is 1. The molecule has 1 amide bonds. The third kappa shape index (κ3) is 3.73. The number of nitrogens with zero attached hydrogens (tertiary/aromatic N) is 2. The number of aromatic amines is 1. The molecule has 0 aliphatic carbocycles. The van der Waals surface area contributed by atoms with Crippen LogP contribution in [0.3, 0.4) is 0 Å². The van der Waals surface area contributed by atoms with Crippen LogP contribution in [-0.4, -0.2) is 26.6 Å². The van der Waals surface area contributed by atoms with Crippen LogP contribution in [0.2, 0.25) is 0 Å². The molecule has 0 saturated heterocycles. The van der Waals surface area contributed by atoms with E-state index < -0.39 is 0 Å². The predicted molar refractivity (Wildman–Crippen MR) is 116 cm³/mol. The first-order valence-electron chi connectivity index (χ1n) is 9.27. The Morgan fingerprint density at radius 1 is 1.14 bits per heavy atom. The lowest BCUT2D eigenvalue weighted by atomic mass is 10.0. The number of fused-ring (bicyclic) bond motifs is 3. The minimum absolute atomic E-state index is 0.0546. The molecule has 0 bridgehead atoms. The van der Waals surface area contributed by atoms with Crippen molar-refractivity contribution in [2.24, 2.45) is 0 Å². The van der Waals surface area contributed by atoms with Gasteiger partial charge in [0.25, 0.3) is 0 Å². The highest BCUT2D eigenvalue weighted by molar-refractivity contribution is 8.00. The van der Waals surface area contributed by atoms with E-state index in [1.807, 2.05) is 30.3 Å². The quantitative estimate of drug-likeness (QED) is 0.359. The van der Waals surface area contributed by atoms with E-state index in [0.717, 1.165) is 32.6 Å². The molecular formula is C22H22N4OS. The molecule has 2 aromatic carbocycles. The van der Waals surface area contributed by atoms with Crippen molar-refractivity contribution in [3.05, 3.63) is 59.9 Å². The van der Waals surface area contributed by atoms with E-state index in [2.05, 4.69) is 53.2 Å². The van der Waals surface area contributed by atoms with Gasteiger partial charge in [-0.15, -0.1) is 0 Å². The van der Waals surface area contributed by atoms with E-state index in [1.54, 1.807) is 6.33 Å². The number of carbonyl (C=O) groups excluding carboxylic acids is 1. The van der Waals surface area contributed by atoms with E-state index in [1.165, 1.54) is 22.9 Å². The van der Waals surface area contributed by atoms with Gasteiger partial charge in [-0.25, -0.2) is 9.97 Å². The van der Waals surface area contributed by atoms with Crippen molar-refractivity contribution < 1.29 is 4.79 Å². The minimum Gasteiger partial charge on any atom is -0.351 e. The molecular weight excluding hydrogens is 368 g/mol. The number of thioether (sulfide) groups is 1. The van der Waals surface area contributed by atoms with Crippen molar-refractivity contribution in [3.8, 4) is 0 Å². The van der Waals surface area contributed by atoms with Crippen LogP contribution < -0.4 is 5.32 Å². The number of hydrogen-bond acceptors (Lipinski definition) is 4. The molecule has 0 radical (unpaired) electrons. The van der Waals surface area contributed by atoms with Crippen molar-refractivity contribution in [2.75, 3.05) is 11.1 Å². The Labute approximate surface area is 168 Å². The highest BCUT2D eigenvalue weighted by Gasteiger charge is 2.13. The summed E-state index contributed by atoms with van der Waals surface area (Å²) in [6.45, 7) is 6.36. The van der Waals surface area contributed by atoms with Crippen molar-refractivity contribution in [2.45, 2.75) is 31.7 Å². The number of H-pyrrole nitrogens is 1. The Hall–Kier alpha value is -2.86. The summed E-state index contributed by atoms with van der Waals surface area (Å²) in [5, 5.41) is 4.81. The highest BCUT2D eigenvalue weighted by atomic mass is 32.2. The van der Waals surface area contributed by atoms with Crippen molar-refractivity contribution >= 4 is 45.3 Å². The van der Waals surface area contributed by atoms with Gasteiger partial charge in [0.15, 0.2) is 0 Å². The average molecular weight is 391 g/mol. The minimum atomic E-state index is -0.0546. The summed E-state index contributed by atoms with van der Waals surface area (Å²) in [4.78, 5) is 24.6. The summed E-state index contributed by atoms with van der Waals surface area (Å²) in [6, 6.07) is 14.2. The van der Waals surface area contributed by atoms with Gasteiger partial charge in [0, 0.05) is 16.6 Å². The highest BCUT2D eigenvalue weighted by Crippen LogP contribution is 2.30. The van der Waals surface area contributed by atoms with Crippen LogP contribution in [0.1, 0.15) is 30.9 Å². The van der Waals surface area contributed by atoms with E-state index in [-0.39, 0.29) is 11.7 Å². The lowest BCUT2D eigenvalue weighted by Crippen LogP contribution is -2.14. The van der Waals surface area contributed by atoms with E-state index >= 15 is 0 Å². The SMILES string of the molecule is Cc1ccc2[nH]c3c(SCC(=O)Nc4ccc(C(C)C)cc4)ncnc3c2c1. The van der Waals surface area contributed by atoms with Crippen LogP contribution in [0, 0.1) is 6.92 Å². The fourth-order valence-corrected chi connectivity index (χ4v) is 3.93. The molecule has 2 heterocycles. The molecule has 4 rings (SSSR count). The molecule has 0 atom stereocenters. The summed E-state index contributed by atoms with van der Waals surface area (Å²) >= 11 is 1.41. The molecule has 2 N–H and O–H groups in total. The summed E-state index contributed by atoms with van der Waals surface area (Å²) in [6.07, 6.45) is 1.56. The zero-order valence-corrected chi connectivity index (χ0v) is 16.9. The third-order valence-corrected chi connectivity index (χ3v) is 5.69. The van der Waals surface area contributed by atoms with Gasteiger partial charge in [-0.3, -0.25) is 4.79 Å². The van der Waals surface area contributed by atoms with Gasteiger partial charge in [-0.2, -0.15) is 0 Å². The van der Waals surface area contributed by atoms with Crippen LogP contribution in [0.15, 0.2) is 53.8 Å². The van der Waals surface area contributed by atoms with Gasteiger partial charge in [0.2, 0.25) is 5.91 Å². The first-order chi connectivity index (χ1) is 13.5. The Bertz CT molecular complexity index is 1150. The molecule has 4 aromatic rings. The lowest BCUT2D eigenvalue weighted by Gasteiger charge is -2.08. The summed E-state index contributed by atoms with van der Waals surface area (Å²) < 4.78 is 0. The molecule has 0 aliphatic rings. The summed E-state index contributed by atoms with van der Waals surface area (Å²) in [5.74, 6) is 0.702. The molecule has 0 fully saturated rings. The van der Waals surface area contributed by atoms with Crippen LogP contribution in [0.25, 0.3) is 21.9 Å². The Morgan fingerprint density at radius 2 is 1.93 bits per heavy atom. The molecule has 0 aliphatic heterocycles. The van der Waals surface area contributed by atoms with Crippen LogP contribution in [0.5, 0.6) is 0 Å². The average Bonchev–Trinajstić information content (AvgIpc) is 3.05. The maximum absolute atomic E-state index is 12.4. The number of rotatable bonds is 5. The molecule has 28 heavy (non-hydrogen) atoms. The zero-order valence-electron chi connectivity index (χ0n) is 16.1. The van der Waals surface area contributed by atoms with Gasteiger partial charge < -0.3 is 10.3 Å². The predicted octanol–water partition coefficient (Wildman–Crippen LogP) is 5.27. The number of aromatic nitrogens is 3. The smallest absolute Gasteiger partial charge is 0.234 e. The summed E-state index contributed by atoms with van der Waals surface area (Å²) in [5.41, 5.74) is 6.04. The van der Waals surface area contributed by atoms with Gasteiger partial charge >= 0.3 is 0 Å². The van der Waals surface area contributed by atoms with Crippen molar-refractivity contribution in [1.82, 2.24) is 15.0 Å². The molecule has 0 spiro atoms. The zero-order chi connectivity index (χ0) is 19.7. The summed E-state index contributed by atoms with van der Waals surface area (Å²) in [7, 11) is 0. The number of benzene rings is 2. The normalized spacial score (nSPS) is 11.4. The molecule has 6 heteroatoms. The number of nitrogens with one attached hydrogen (secondary N) is 2. The van der Waals surface area contributed by atoms with Crippen LogP contribution in [-0.2, 0) is 4.79 Å². The number of carbonyl (C=O) groups is 1. The fourth-order valence-electron chi connectivity index (χ4n) is 3.18.